The lowest BCUT2D eigenvalue weighted by molar-refractivity contribution is -0.120. The highest BCUT2D eigenvalue weighted by molar-refractivity contribution is 7.22. The molecule has 1 saturated heterocycles. The highest BCUT2D eigenvalue weighted by Gasteiger charge is 2.27. The van der Waals surface area contributed by atoms with Crippen LogP contribution in [0.5, 0.6) is 0 Å². The van der Waals surface area contributed by atoms with Gasteiger partial charge in [0.25, 0.3) is 0 Å². The van der Waals surface area contributed by atoms with Gasteiger partial charge in [-0.25, -0.2) is 9.37 Å². The first-order valence-electron chi connectivity index (χ1n) is 9.33. The highest BCUT2D eigenvalue weighted by atomic mass is 32.1. The SMILES string of the molecule is CCc1ccc(NC(=O)C2CCCN(c3nc4ccc(F)cc4s3)C2)cc1. The second kappa shape index (κ2) is 7.64. The molecule has 2 aromatic carbocycles. The van der Waals surface area contributed by atoms with Gasteiger partial charge in [-0.2, -0.15) is 0 Å². The molecule has 4 rings (SSSR count). The molecule has 0 saturated carbocycles. The van der Waals surface area contributed by atoms with Crippen molar-refractivity contribution in [2.75, 3.05) is 23.3 Å². The van der Waals surface area contributed by atoms with Crippen molar-refractivity contribution in [2.24, 2.45) is 5.92 Å². The molecule has 0 spiro atoms. The van der Waals surface area contributed by atoms with Crippen molar-refractivity contribution >= 4 is 38.3 Å². The zero-order valence-corrected chi connectivity index (χ0v) is 16.1. The molecule has 4 nitrogen and oxygen atoms in total. The van der Waals surface area contributed by atoms with Crippen LogP contribution in [-0.2, 0) is 11.2 Å². The summed E-state index contributed by atoms with van der Waals surface area (Å²) in [4.78, 5) is 19.5. The van der Waals surface area contributed by atoms with Gasteiger partial charge in [0.1, 0.15) is 5.82 Å². The molecule has 1 unspecified atom stereocenters. The fourth-order valence-electron chi connectivity index (χ4n) is 3.45. The van der Waals surface area contributed by atoms with Crippen LogP contribution in [0.25, 0.3) is 10.2 Å². The van der Waals surface area contributed by atoms with Crippen molar-refractivity contribution in [3.63, 3.8) is 0 Å². The molecule has 0 bridgehead atoms. The molecule has 6 heteroatoms. The Morgan fingerprint density at radius 1 is 1.30 bits per heavy atom. The molecule has 1 aliphatic heterocycles. The number of nitrogens with one attached hydrogen (secondary N) is 1. The maximum absolute atomic E-state index is 13.4. The summed E-state index contributed by atoms with van der Waals surface area (Å²) in [5.41, 5.74) is 2.90. The predicted octanol–water partition coefficient (Wildman–Crippen LogP) is 4.85. The summed E-state index contributed by atoms with van der Waals surface area (Å²) in [7, 11) is 0. The summed E-state index contributed by atoms with van der Waals surface area (Å²) in [5, 5.41) is 3.90. The molecule has 1 N–H and O–H groups in total. The Labute approximate surface area is 162 Å². The third kappa shape index (κ3) is 3.95. The van der Waals surface area contributed by atoms with Gasteiger partial charge < -0.3 is 10.2 Å². The van der Waals surface area contributed by atoms with E-state index in [2.05, 4.69) is 22.1 Å². The molecule has 0 radical (unpaired) electrons. The van der Waals surface area contributed by atoms with Gasteiger partial charge in [0.2, 0.25) is 5.91 Å². The quantitative estimate of drug-likeness (QED) is 0.700. The zero-order chi connectivity index (χ0) is 18.8. The zero-order valence-electron chi connectivity index (χ0n) is 15.2. The Bertz CT molecular complexity index is 954. The molecule has 1 aromatic heterocycles. The van der Waals surface area contributed by atoms with Crippen molar-refractivity contribution in [3.8, 4) is 0 Å². The van der Waals surface area contributed by atoms with Crippen LogP contribution in [0, 0.1) is 11.7 Å². The number of nitrogens with zero attached hydrogens (tertiary/aromatic N) is 2. The number of carbonyl (C=O) groups excluding carboxylic acids is 1. The lowest BCUT2D eigenvalue weighted by Crippen LogP contribution is -2.40. The Morgan fingerprint density at radius 3 is 2.89 bits per heavy atom. The second-order valence-corrected chi connectivity index (χ2v) is 7.94. The molecular formula is C21H22FN3OS. The standard InChI is InChI=1S/C21H22FN3OS/c1-2-14-5-8-17(9-6-14)23-20(26)15-4-3-11-25(13-15)21-24-18-10-7-16(22)12-19(18)27-21/h5-10,12,15H,2-4,11,13H2,1H3,(H,23,26). The van der Waals surface area contributed by atoms with Gasteiger partial charge in [0.05, 0.1) is 16.1 Å². The molecule has 27 heavy (non-hydrogen) atoms. The molecule has 1 atom stereocenters. The summed E-state index contributed by atoms with van der Waals surface area (Å²) < 4.78 is 14.3. The topological polar surface area (TPSA) is 45.2 Å². The van der Waals surface area contributed by atoms with Gasteiger partial charge in [-0.15, -0.1) is 0 Å². The van der Waals surface area contributed by atoms with Crippen molar-refractivity contribution in [3.05, 3.63) is 53.8 Å². The van der Waals surface area contributed by atoms with Crippen LogP contribution in [0.15, 0.2) is 42.5 Å². The number of rotatable bonds is 4. The Hall–Kier alpha value is -2.47. The van der Waals surface area contributed by atoms with Crippen LogP contribution in [-0.4, -0.2) is 24.0 Å². The van der Waals surface area contributed by atoms with Crippen molar-refractivity contribution in [1.29, 1.82) is 0 Å². The number of piperidine rings is 1. The minimum Gasteiger partial charge on any atom is -0.347 e. The van der Waals surface area contributed by atoms with E-state index in [9.17, 15) is 9.18 Å². The first kappa shape index (κ1) is 17.9. The normalized spacial score (nSPS) is 17.3. The summed E-state index contributed by atoms with van der Waals surface area (Å²) in [6.45, 7) is 3.62. The van der Waals surface area contributed by atoms with Gasteiger partial charge in [-0.3, -0.25) is 4.79 Å². The van der Waals surface area contributed by atoms with Gasteiger partial charge in [0, 0.05) is 18.8 Å². The Kier molecular flexibility index (Phi) is 5.07. The minimum absolute atomic E-state index is 0.0519. The fraction of sp³-hybridized carbons (Fsp3) is 0.333. The van der Waals surface area contributed by atoms with Crippen LogP contribution in [0.3, 0.4) is 0 Å². The number of halogens is 1. The van der Waals surface area contributed by atoms with E-state index < -0.39 is 0 Å². The van der Waals surface area contributed by atoms with E-state index in [0.29, 0.717) is 6.54 Å². The second-order valence-electron chi connectivity index (χ2n) is 6.93. The maximum Gasteiger partial charge on any atom is 0.229 e. The number of hydrogen-bond acceptors (Lipinski definition) is 4. The van der Waals surface area contributed by atoms with E-state index in [1.54, 1.807) is 6.07 Å². The van der Waals surface area contributed by atoms with Crippen molar-refractivity contribution in [1.82, 2.24) is 4.98 Å². The lowest BCUT2D eigenvalue weighted by atomic mass is 9.97. The van der Waals surface area contributed by atoms with Crippen LogP contribution in [0.4, 0.5) is 15.2 Å². The van der Waals surface area contributed by atoms with Crippen molar-refractivity contribution in [2.45, 2.75) is 26.2 Å². The highest BCUT2D eigenvalue weighted by Crippen LogP contribution is 2.32. The third-order valence-corrected chi connectivity index (χ3v) is 6.11. The number of anilines is 2. The number of hydrogen-bond donors (Lipinski definition) is 1. The molecule has 1 amide bonds. The molecule has 3 aromatic rings. The van der Waals surface area contributed by atoms with Gasteiger partial charge in [-0.1, -0.05) is 30.4 Å². The van der Waals surface area contributed by atoms with E-state index in [0.717, 1.165) is 46.8 Å². The number of fused-ring (bicyclic) bond motifs is 1. The number of thiazole rings is 1. The molecule has 140 valence electrons. The smallest absolute Gasteiger partial charge is 0.229 e. The van der Waals surface area contributed by atoms with Gasteiger partial charge in [0.15, 0.2) is 5.13 Å². The van der Waals surface area contributed by atoms with E-state index in [1.807, 2.05) is 24.3 Å². The molecule has 1 fully saturated rings. The average molecular weight is 383 g/mol. The van der Waals surface area contributed by atoms with Gasteiger partial charge in [-0.05, 0) is 55.2 Å². The number of amides is 1. The van der Waals surface area contributed by atoms with Crippen molar-refractivity contribution < 1.29 is 9.18 Å². The fourth-order valence-corrected chi connectivity index (χ4v) is 4.48. The van der Waals surface area contributed by atoms with Crippen LogP contribution in [0.1, 0.15) is 25.3 Å². The lowest BCUT2D eigenvalue weighted by Gasteiger charge is -2.31. The predicted molar refractivity (Wildman–Crippen MR) is 109 cm³/mol. The number of aromatic nitrogens is 1. The first-order chi connectivity index (χ1) is 13.1. The minimum atomic E-state index is -0.248. The largest absolute Gasteiger partial charge is 0.347 e. The van der Waals surface area contributed by atoms with Crippen LogP contribution >= 0.6 is 11.3 Å². The van der Waals surface area contributed by atoms with E-state index in [4.69, 9.17) is 0 Å². The third-order valence-electron chi connectivity index (χ3n) is 5.03. The van der Waals surface area contributed by atoms with E-state index in [-0.39, 0.29) is 17.6 Å². The molecule has 2 heterocycles. The van der Waals surface area contributed by atoms with E-state index in [1.165, 1.54) is 29.0 Å². The van der Waals surface area contributed by atoms with Crippen LogP contribution in [0.2, 0.25) is 0 Å². The van der Waals surface area contributed by atoms with Crippen LogP contribution < -0.4 is 10.2 Å². The van der Waals surface area contributed by atoms with Gasteiger partial charge >= 0.3 is 0 Å². The summed E-state index contributed by atoms with van der Waals surface area (Å²) >= 11 is 1.48. The first-order valence-corrected chi connectivity index (χ1v) is 10.1. The molecular weight excluding hydrogens is 361 g/mol. The Balaban J connectivity index is 1.45. The van der Waals surface area contributed by atoms with E-state index >= 15 is 0 Å². The summed E-state index contributed by atoms with van der Waals surface area (Å²) in [6.07, 6.45) is 2.80. The molecule has 1 aliphatic rings. The molecule has 0 aliphatic carbocycles. The monoisotopic (exact) mass is 383 g/mol. The average Bonchev–Trinajstić information content (AvgIpc) is 3.12. The Morgan fingerprint density at radius 2 is 2.11 bits per heavy atom. The number of benzene rings is 2. The maximum atomic E-state index is 13.4. The number of aryl methyl sites for hydroxylation is 1. The summed E-state index contributed by atoms with van der Waals surface area (Å²) in [5.74, 6) is -0.271. The summed E-state index contributed by atoms with van der Waals surface area (Å²) in [6, 6.07) is 12.7. The number of carbonyl (C=O) groups is 1.